The SMILES string of the molecule is CCCCCOc1ccc2c(c1)N(CCCCCCCCN)c1ccccc1S2. The van der Waals surface area contributed by atoms with Gasteiger partial charge in [-0.05, 0) is 50.1 Å². The number of unbranched alkanes of at least 4 members (excludes halogenated alkanes) is 7. The molecule has 0 radical (unpaired) electrons. The molecule has 29 heavy (non-hydrogen) atoms. The first-order chi connectivity index (χ1) is 14.3. The molecule has 0 unspecified atom stereocenters. The van der Waals surface area contributed by atoms with Crippen molar-refractivity contribution in [2.75, 3.05) is 24.6 Å². The van der Waals surface area contributed by atoms with E-state index in [1.165, 1.54) is 66.1 Å². The van der Waals surface area contributed by atoms with E-state index in [0.717, 1.165) is 38.3 Å². The Balaban J connectivity index is 1.66. The Labute approximate surface area is 181 Å². The molecular weight excluding hydrogens is 376 g/mol. The van der Waals surface area contributed by atoms with E-state index in [4.69, 9.17) is 10.5 Å². The van der Waals surface area contributed by atoms with Crippen molar-refractivity contribution in [3.8, 4) is 5.75 Å². The quantitative estimate of drug-likeness (QED) is 0.354. The molecule has 0 spiro atoms. The first-order valence-electron chi connectivity index (χ1n) is 11.3. The van der Waals surface area contributed by atoms with Crippen LogP contribution < -0.4 is 15.4 Å². The minimum Gasteiger partial charge on any atom is -0.494 e. The van der Waals surface area contributed by atoms with E-state index in [-0.39, 0.29) is 0 Å². The third kappa shape index (κ3) is 6.42. The highest BCUT2D eigenvalue weighted by atomic mass is 32.2. The average Bonchev–Trinajstić information content (AvgIpc) is 2.75. The number of fused-ring (bicyclic) bond motifs is 2. The van der Waals surface area contributed by atoms with E-state index in [1.807, 2.05) is 11.8 Å². The van der Waals surface area contributed by atoms with E-state index in [9.17, 15) is 0 Å². The Kier molecular flexibility index (Phi) is 9.23. The van der Waals surface area contributed by atoms with Gasteiger partial charge in [0.15, 0.2) is 0 Å². The fourth-order valence-corrected chi connectivity index (χ4v) is 4.88. The Hall–Kier alpha value is -1.65. The summed E-state index contributed by atoms with van der Waals surface area (Å²) in [4.78, 5) is 5.17. The molecule has 0 saturated heterocycles. The summed E-state index contributed by atoms with van der Waals surface area (Å²) in [5.74, 6) is 0.992. The van der Waals surface area contributed by atoms with E-state index in [2.05, 4.69) is 54.3 Å². The van der Waals surface area contributed by atoms with Gasteiger partial charge >= 0.3 is 0 Å². The summed E-state index contributed by atoms with van der Waals surface area (Å²) in [6.45, 7) is 4.91. The predicted octanol–water partition coefficient (Wildman–Crippen LogP) is 7.16. The van der Waals surface area contributed by atoms with Crippen molar-refractivity contribution in [3.05, 3.63) is 42.5 Å². The predicted molar refractivity (Wildman–Crippen MR) is 126 cm³/mol. The van der Waals surface area contributed by atoms with Crippen LogP contribution in [0, 0.1) is 0 Å². The third-order valence-corrected chi connectivity index (χ3v) is 6.58. The third-order valence-electron chi connectivity index (χ3n) is 5.45. The Morgan fingerprint density at radius 3 is 2.41 bits per heavy atom. The van der Waals surface area contributed by atoms with E-state index >= 15 is 0 Å². The zero-order valence-corrected chi connectivity index (χ0v) is 18.7. The second-order valence-electron chi connectivity index (χ2n) is 7.82. The van der Waals surface area contributed by atoms with Crippen molar-refractivity contribution in [2.24, 2.45) is 5.73 Å². The molecule has 3 nitrogen and oxygen atoms in total. The van der Waals surface area contributed by atoms with Crippen LogP contribution >= 0.6 is 11.8 Å². The summed E-state index contributed by atoms with van der Waals surface area (Å²) in [7, 11) is 0. The molecular formula is C25H36N2OS. The molecule has 0 bridgehead atoms. The summed E-state index contributed by atoms with van der Waals surface area (Å²) in [5.41, 5.74) is 8.22. The molecule has 1 aliphatic heterocycles. The van der Waals surface area contributed by atoms with Crippen LogP contribution in [0.1, 0.15) is 64.7 Å². The lowest BCUT2D eigenvalue weighted by molar-refractivity contribution is 0.306. The monoisotopic (exact) mass is 412 g/mol. The number of anilines is 2. The normalized spacial score (nSPS) is 12.6. The fourth-order valence-electron chi connectivity index (χ4n) is 3.80. The number of para-hydroxylation sites is 1. The van der Waals surface area contributed by atoms with Gasteiger partial charge in [0.2, 0.25) is 0 Å². The topological polar surface area (TPSA) is 38.5 Å². The molecule has 3 rings (SSSR count). The Morgan fingerprint density at radius 2 is 1.59 bits per heavy atom. The second-order valence-corrected chi connectivity index (χ2v) is 8.90. The summed E-state index contributed by atoms with van der Waals surface area (Å²) < 4.78 is 6.04. The lowest BCUT2D eigenvalue weighted by Crippen LogP contribution is -2.22. The Morgan fingerprint density at radius 1 is 0.828 bits per heavy atom. The van der Waals surface area contributed by atoms with Crippen molar-refractivity contribution in [3.63, 3.8) is 0 Å². The number of benzene rings is 2. The van der Waals surface area contributed by atoms with Gasteiger partial charge in [0.25, 0.3) is 0 Å². The molecule has 2 aromatic carbocycles. The van der Waals surface area contributed by atoms with E-state index in [1.54, 1.807) is 0 Å². The molecule has 1 aliphatic rings. The molecule has 0 aliphatic carbocycles. The molecule has 0 atom stereocenters. The lowest BCUT2D eigenvalue weighted by atomic mass is 10.1. The van der Waals surface area contributed by atoms with Gasteiger partial charge in [-0.25, -0.2) is 0 Å². The van der Waals surface area contributed by atoms with Crippen molar-refractivity contribution < 1.29 is 4.74 Å². The van der Waals surface area contributed by atoms with Gasteiger partial charge in [-0.3, -0.25) is 0 Å². The molecule has 2 aromatic rings. The van der Waals surface area contributed by atoms with Gasteiger partial charge < -0.3 is 15.4 Å². The minimum absolute atomic E-state index is 0.805. The molecule has 1 heterocycles. The first kappa shape index (κ1) is 22.0. The zero-order valence-electron chi connectivity index (χ0n) is 17.9. The first-order valence-corrected chi connectivity index (χ1v) is 12.2. The van der Waals surface area contributed by atoms with Gasteiger partial charge in [-0.1, -0.05) is 69.3 Å². The average molecular weight is 413 g/mol. The maximum absolute atomic E-state index is 6.04. The summed E-state index contributed by atoms with van der Waals surface area (Å²) >= 11 is 1.87. The molecule has 2 N–H and O–H groups in total. The highest BCUT2D eigenvalue weighted by Crippen LogP contribution is 2.49. The fraction of sp³-hybridized carbons (Fsp3) is 0.520. The van der Waals surface area contributed by atoms with Crippen molar-refractivity contribution in [2.45, 2.75) is 74.5 Å². The standard InChI is InChI=1S/C25H36N2OS/c1-2-3-12-19-28-21-15-16-25-23(20-21)27(18-11-7-5-4-6-10-17-26)22-13-8-9-14-24(22)29-25/h8-9,13-16,20H,2-7,10-12,17-19,26H2,1H3. The largest absolute Gasteiger partial charge is 0.494 e. The number of nitrogens with zero attached hydrogens (tertiary/aromatic N) is 1. The molecule has 0 amide bonds. The number of hydrogen-bond donors (Lipinski definition) is 1. The minimum atomic E-state index is 0.805. The lowest BCUT2D eigenvalue weighted by Gasteiger charge is -2.33. The number of hydrogen-bond acceptors (Lipinski definition) is 4. The van der Waals surface area contributed by atoms with Gasteiger partial charge in [-0.15, -0.1) is 0 Å². The maximum atomic E-state index is 6.04. The zero-order chi connectivity index (χ0) is 20.3. The molecule has 0 aromatic heterocycles. The van der Waals surface area contributed by atoms with Crippen molar-refractivity contribution in [1.82, 2.24) is 0 Å². The van der Waals surface area contributed by atoms with Crippen LogP contribution in [-0.4, -0.2) is 19.7 Å². The summed E-state index contributed by atoms with van der Waals surface area (Å²) in [5, 5.41) is 0. The molecule has 0 saturated carbocycles. The van der Waals surface area contributed by atoms with Crippen LogP contribution in [0.15, 0.2) is 52.3 Å². The van der Waals surface area contributed by atoms with Crippen LogP contribution in [-0.2, 0) is 0 Å². The maximum Gasteiger partial charge on any atom is 0.121 e. The van der Waals surface area contributed by atoms with Gasteiger partial charge in [0.05, 0.1) is 18.0 Å². The molecule has 0 fully saturated rings. The Bertz CT molecular complexity index is 749. The van der Waals surface area contributed by atoms with Gasteiger partial charge in [-0.2, -0.15) is 0 Å². The van der Waals surface area contributed by atoms with Crippen LogP contribution in [0.3, 0.4) is 0 Å². The van der Waals surface area contributed by atoms with Crippen LogP contribution in [0.5, 0.6) is 5.75 Å². The number of ether oxygens (including phenoxy) is 1. The smallest absolute Gasteiger partial charge is 0.121 e. The molecule has 158 valence electrons. The van der Waals surface area contributed by atoms with Crippen LogP contribution in [0.4, 0.5) is 11.4 Å². The van der Waals surface area contributed by atoms with E-state index < -0.39 is 0 Å². The summed E-state index contributed by atoms with van der Waals surface area (Å²) in [6, 6.07) is 15.4. The molecule has 4 heteroatoms. The highest BCUT2D eigenvalue weighted by molar-refractivity contribution is 7.99. The van der Waals surface area contributed by atoms with Crippen LogP contribution in [0.25, 0.3) is 0 Å². The number of nitrogens with two attached hydrogens (primary N) is 1. The van der Waals surface area contributed by atoms with Crippen LogP contribution in [0.2, 0.25) is 0 Å². The van der Waals surface area contributed by atoms with Crippen molar-refractivity contribution in [1.29, 1.82) is 0 Å². The number of rotatable bonds is 13. The van der Waals surface area contributed by atoms with Gasteiger partial charge in [0, 0.05) is 22.4 Å². The van der Waals surface area contributed by atoms with E-state index in [0.29, 0.717) is 0 Å². The van der Waals surface area contributed by atoms with Crippen molar-refractivity contribution >= 4 is 23.1 Å². The summed E-state index contributed by atoms with van der Waals surface area (Å²) in [6.07, 6.45) is 11.1. The highest BCUT2D eigenvalue weighted by Gasteiger charge is 2.23. The van der Waals surface area contributed by atoms with Gasteiger partial charge in [0.1, 0.15) is 5.75 Å². The second kappa shape index (κ2) is 12.1.